The first-order chi connectivity index (χ1) is 10.5. The standard InChI is InChI=1S/C14H17N5O3/c1-3-11-16-10(8-22-11)7-19-12(20)14(2,17-13(19)21)9-18-6-4-5-15-18/h4-6,8H,3,7,9H2,1-2H3,(H,17,21). The van der Waals surface area contributed by atoms with Crippen molar-refractivity contribution in [3.63, 3.8) is 0 Å². The predicted octanol–water partition coefficient (Wildman–Crippen LogP) is 0.944. The molecule has 1 unspecified atom stereocenters. The van der Waals surface area contributed by atoms with Gasteiger partial charge in [0.25, 0.3) is 5.91 Å². The number of amides is 3. The molecule has 0 spiro atoms. The molecule has 0 aliphatic carbocycles. The maximum Gasteiger partial charge on any atom is 0.325 e. The Labute approximate surface area is 127 Å². The van der Waals surface area contributed by atoms with Crippen LogP contribution in [0.1, 0.15) is 25.4 Å². The molecular formula is C14H17N5O3. The van der Waals surface area contributed by atoms with Crippen LogP contribution in [0, 0.1) is 0 Å². The molecule has 1 atom stereocenters. The highest BCUT2D eigenvalue weighted by molar-refractivity contribution is 6.06. The summed E-state index contributed by atoms with van der Waals surface area (Å²) in [7, 11) is 0. The fourth-order valence-electron chi connectivity index (χ4n) is 2.46. The van der Waals surface area contributed by atoms with Crippen molar-refractivity contribution in [1.82, 2.24) is 25.0 Å². The summed E-state index contributed by atoms with van der Waals surface area (Å²) < 4.78 is 6.85. The van der Waals surface area contributed by atoms with Crippen molar-refractivity contribution < 1.29 is 14.0 Å². The van der Waals surface area contributed by atoms with E-state index >= 15 is 0 Å². The summed E-state index contributed by atoms with van der Waals surface area (Å²) >= 11 is 0. The molecule has 3 rings (SSSR count). The molecule has 0 aromatic carbocycles. The average molecular weight is 303 g/mol. The van der Waals surface area contributed by atoms with E-state index in [1.807, 2.05) is 6.92 Å². The highest BCUT2D eigenvalue weighted by Crippen LogP contribution is 2.21. The minimum Gasteiger partial charge on any atom is -0.449 e. The van der Waals surface area contributed by atoms with E-state index in [1.165, 1.54) is 6.26 Å². The maximum atomic E-state index is 12.6. The highest BCUT2D eigenvalue weighted by Gasteiger charge is 2.48. The van der Waals surface area contributed by atoms with Crippen LogP contribution < -0.4 is 5.32 Å². The van der Waals surface area contributed by atoms with Gasteiger partial charge in [-0.2, -0.15) is 5.10 Å². The van der Waals surface area contributed by atoms with Gasteiger partial charge in [-0.15, -0.1) is 0 Å². The Hall–Kier alpha value is -2.64. The lowest BCUT2D eigenvalue weighted by atomic mass is 10.0. The van der Waals surface area contributed by atoms with Crippen molar-refractivity contribution in [2.24, 2.45) is 0 Å². The van der Waals surface area contributed by atoms with E-state index in [0.717, 1.165) is 4.90 Å². The van der Waals surface area contributed by atoms with E-state index in [9.17, 15) is 9.59 Å². The third-order valence-corrected chi connectivity index (χ3v) is 3.60. The Morgan fingerprint density at radius 1 is 1.41 bits per heavy atom. The number of hydrogen-bond acceptors (Lipinski definition) is 5. The highest BCUT2D eigenvalue weighted by atomic mass is 16.3. The van der Waals surface area contributed by atoms with Gasteiger partial charge in [0.05, 0.1) is 18.8 Å². The summed E-state index contributed by atoms with van der Waals surface area (Å²) in [5, 5.41) is 6.80. The van der Waals surface area contributed by atoms with Crippen LogP contribution in [0.5, 0.6) is 0 Å². The third-order valence-electron chi connectivity index (χ3n) is 3.60. The summed E-state index contributed by atoms with van der Waals surface area (Å²) in [5.41, 5.74) is -0.454. The molecule has 0 saturated carbocycles. The van der Waals surface area contributed by atoms with Crippen LogP contribution >= 0.6 is 0 Å². The molecule has 8 nitrogen and oxygen atoms in total. The monoisotopic (exact) mass is 303 g/mol. The number of nitrogens with zero attached hydrogens (tertiary/aromatic N) is 4. The van der Waals surface area contributed by atoms with Crippen molar-refractivity contribution in [3.05, 3.63) is 36.3 Å². The van der Waals surface area contributed by atoms with Crippen molar-refractivity contribution in [2.75, 3.05) is 0 Å². The van der Waals surface area contributed by atoms with Gasteiger partial charge in [0, 0.05) is 18.8 Å². The largest absolute Gasteiger partial charge is 0.449 e. The van der Waals surface area contributed by atoms with Crippen molar-refractivity contribution in [2.45, 2.75) is 38.9 Å². The molecule has 1 aliphatic rings. The number of hydrogen-bond donors (Lipinski definition) is 1. The number of nitrogens with one attached hydrogen (secondary N) is 1. The summed E-state index contributed by atoms with van der Waals surface area (Å²) in [6, 6.07) is 1.34. The van der Waals surface area contributed by atoms with E-state index in [0.29, 0.717) is 18.0 Å². The number of rotatable bonds is 5. The lowest BCUT2D eigenvalue weighted by molar-refractivity contribution is -0.131. The van der Waals surface area contributed by atoms with Crippen LogP contribution in [0.3, 0.4) is 0 Å². The Bertz CT molecular complexity index is 693. The second kappa shape index (κ2) is 5.28. The summed E-state index contributed by atoms with van der Waals surface area (Å²) in [4.78, 5) is 30.1. The van der Waals surface area contributed by atoms with Gasteiger partial charge in [-0.25, -0.2) is 9.78 Å². The molecule has 1 aliphatic heterocycles. The van der Waals surface area contributed by atoms with Crippen molar-refractivity contribution in [1.29, 1.82) is 0 Å². The topological polar surface area (TPSA) is 93.3 Å². The third kappa shape index (κ3) is 2.47. The number of aromatic nitrogens is 3. The van der Waals surface area contributed by atoms with Crippen molar-refractivity contribution in [3.8, 4) is 0 Å². The van der Waals surface area contributed by atoms with Crippen LogP contribution in [-0.4, -0.2) is 37.1 Å². The molecule has 3 amide bonds. The minimum atomic E-state index is -1.01. The summed E-state index contributed by atoms with van der Waals surface area (Å²) in [6.45, 7) is 3.99. The number of aryl methyl sites for hydroxylation is 1. The fourth-order valence-corrected chi connectivity index (χ4v) is 2.46. The zero-order chi connectivity index (χ0) is 15.7. The van der Waals surface area contributed by atoms with Gasteiger partial charge in [-0.05, 0) is 13.0 Å². The Balaban J connectivity index is 1.76. The normalized spacial score (nSPS) is 21.5. The van der Waals surface area contributed by atoms with Crippen LogP contribution in [0.15, 0.2) is 29.1 Å². The maximum absolute atomic E-state index is 12.6. The van der Waals surface area contributed by atoms with E-state index in [1.54, 1.807) is 30.1 Å². The Morgan fingerprint density at radius 3 is 2.86 bits per heavy atom. The van der Waals surface area contributed by atoms with E-state index < -0.39 is 11.6 Å². The number of carbonyl (C=O) groups excluding carboxylic acids is 2. The van der Waals surface area contributed by atoms with E-state index in [2.05, 4.69) is 15.4 Å². The molecule has 1 saturated heterocycles. The summed E-state index contributed by atoms with van der Waals surface area (Å²) in [6.07, 6.45) is 5.52. The van der Waals surface area contributed by atoms with Gasteiger partial charge in [0.15, 0.2) is 5.89 Å². The Kier molecular flexibility index (Phi) is 3.44. The van der Waals surface area contributed by atoms with Gasteiger partial charge in [0.1, 0.15) is 11.8 Å². The lowest BCUT2D eigenvalue weighted by Gasteiger charge is -2.21. The minimum absolute atomic E-state index is 0.100. The van der Waals surface area contributed by atoms with E-state index in [-0.39, 0.29) is 19.0 Å². The molecule has 22 heavy (non-hydrogen) atoms. The molecule has 3 heterocycles. The van der Waals surface area contributed by atoms with Gasteiger partial charge in [-0.1, -0.05) is 6.92 Å². The predicted molar refractivity (Wildman–Crippen MR) is 75.6 cm³/mol. The van der Waals surface area contributed by atoms with Crippen LogP contribution in [-0.2, 0) is 24.3 Å². The van der Waals surface area contributed by atoms with Crippen LogP contribution in [0.25, 0.3) is 0 Å². The second-order valence-electron chi connectivity index (χ2n) is 5.44. The molecule has 116 valence electrons. The first-order valence-electron chi connectivity index (χ1n) is 7.06. The lowest BCUT2D eigenvalue weighted by Crippen LogP contribution is -2.47. The summed E-state index contributed by atoms with van der Waals surface area (Å²) in [5.74, 6) is 0.287. The molecular weight excluding hydrogens is 286 g/mol. The number of imide groups is 1. The first kappa shape index (κ1) is 14.3. The average Bonchev–Trinajstić information content (AvgIpc) is 3.18. The number of oxazole rings is 1. The molecule has 0 radical (unpaired) electrons. The number of carbonyl (C=O) groups is 2. The molecule has 1 fully saturated rings. The quantitative estimate of drug-likeness (QED) is 0.830. The SMILES string of the molecule is CCc1nc(CN2C(=O)NC(C)(Cn3cccn3)C2=O)co1. The molecule has 1 N–H and O–H groups in total. The zero-order valence-corrected chi connectivity index (χ0v) is 12.4. The van der Waals surface area contributed by atoms with Gasteiger partial charge < -0.3 is 9.73 Å². The van der Waals surface area contributed by atoms with Crippen LogP contribution in [0.4, 0.5) is 4.79 Å². The fraction of sp³-hybridized carbons (Fsp3) is 0.429. The zero-order valence-electron chi connectivity index (χ0n) is 12.4. The molecule has 2 aromatic heterocycles. The molecule has 0 bridgehead atoms. The van der Waals surface area contributed by atoms with Gasteiger partial charge in [0.2, 0.25) is 0 Å². The van der Waals surface area contributed by atoms with Gasteiger partial charge in [-0.3, -0.25) is 14.4 Å². The second-order valence-corrected chi connectivity index (χ2v) is 5.44. The molecule has 2 aromatic rings. The Morgan fingerprint density at radius 2 is 2.23 bits per heavy atom. The van der Waals surface area contributed by atoms with Gasteiger partial charge >= 0.3 is 6.03 Å². The first-order valence-corrected chi connectivity index (χ1v) is 7.06. The van der Waals surface area contributed by atoms with Crippen molar-refractivity contribution >= 4 is 11.9 Å². The van der Waals surface area contributed by atoms with Crippen LogP contribution in [0.2, 0.25) is 0 Å². The van der Waals surface area contributed by atoms with E-state index in [4.69, 9.17) is 4.42 Å². The molecule has 8 heteroatoms. The smallest absolute Gasteiger partial charge is 0.325 e. The number of urea groups is 1.